The summed E-state index contributed by atoms with van der Waals surface area (Å²) < 4.78 is 1.61. The maximum Gasteiger partial charge on any atom is 0.303 e. The van der Waals surface area contributed by atoms with E-state index < -0.39 is 11.5 Å². The third-order valence-corrected chi connectivity index (χ3v) is 2.90. The van der Waals surface area contributed by atoms with Crippen LogP contribution in [0.5, 0.6) is 0 Å². The van der Waals surface area contributed by atoms with E-state index in [1.165, 1.54) is 0 Å². The highest BCUT2D eigenvalue weighted by Crippen LogP contribution is 2.14. The number of hydrogen-bond donors (Lipinski definition) is 2. The van der Waals surface area contributed by atoms with Crippen LogP contribution in [0.2, 0.25) is 0 Å². The maximum atomic E-state index is 12.2. The molecule has 1 aromatic heterocycles. The standard InChI is InChI=1S/C13H21N3O3/c1-5-10-9(8-16(4)15-10)12(19)14-13(2,3)7-6-11(17)18/h8H,5-7H2,1-4H3,(H,14,19)(H,17,18). The number of nitrogens with one attached hydrogen (secondary N) is 1. The largest absolute Gasteiger partial charge is 0.481 e. The van der Waals surface area contributed by atoms with Gasteiger partial charge in [-0.15, -0.1) is 0 Å². The summed E-state index contributed by atoms with van der Waals surface area (Å²) >= 11 is 0. The highest BCUT2D eigenvalue weighted by atomic mass is 16.4. The van der Waals surface area contributed by atoms with Gasteiger partial charge < -0.3 is 10.4 Å². The predicted molar refractivity (Wildman–Crippen MR) is 71.0 cm³/mol. The Morgan fingerprint density at radius 1 is 1.47 bits per heavy atom. The zero-order valence-electron chi connectivity index (χ0n) is 11.9. The number of hydrogen-bond acceptors (Lipinski definition) is 3. The van der Waals surface area contributed by atoms with Crippen molar-refractivity contribution < 1.29 is 14.7 Å². The molecule has 0 aliphatic rings. The number of aromatic nitrogens is 2. The van der Waals surface area contributed by atoms with E-state index >= 15 is 0 Å². The minimum Gasteiger partial charge on any atom is -0.481 e. The van der Waals surface area contributed by atoms with E-state index in [0.29, 0.717) is 18.4 Å². The second-order valence-electron chi connectivity index (χ2n) is 5.25. The van der Waals surface area contributed by atoms with Gasteiger partial charge in [0.15, 0.2) is 0 Å². The number of aryl methyl sites for hydroxylation is 2. The van der Waals surface area contributed by atoms with Crippen molar-refractivity contribution in [2.24, 2.45) is 7.05 Å². The number of aliphatic carboxylic acids is 1. The van der Waals surface area contributed by atoms with Crippen molar-refractivity contribution in [3.8, 4) is 0 Å². The average Bonchev–Trinajstić information content (AvgIpc) is 2.67. The van der Waals surface area contributed by atoms with Crippen molar-refractivity contribution in [2.75, 3.05) is 0 Å². The van der Waals surface area contributed by atoms with Crippen LogP contribution in [0.25, 0.3) is 0 Å². The van der Waals surface area contributed by atoms with E-state index in [-0.39, 0.29) is 12.3 Å². The first-order chi connectivity index (χ1) is 8.75. The number of carboxylic acid groups (broad SMARTS) is 1. The number of rotatable bonds is 6. The highest BCUT2D eigenvalue weighted by molar-refractivity contribution is 5.95. The van der Waals surface area contributed by atoms with Gasteiger partial charge in [0.2, 0.25) is 0 Å². The summed E-state index contributed by atoms with van der Waals surface area (Å²) in [5.74, 6) is -1.07. The van der Waals surface area contributed by atoms with Crippen LogP contribution in [0.1, 0.15) is 49.7 Å². The van der Waals surface area contributed by atoms with Gasteiger partial charge in [-0.2, -0.15) is 5.10 Å². The summed E-state index contributed by atoms with van der Waals surface area (Å²) in [5.41, 5.74) is 0.735. The Morgan fingerprint density at radius 3 is 2.63 bits per heavy atom. The van der Waals surface area contributed by atoms with Gasteiger partial charge in [0.25, 0.3) is 5.91 Å². The molecule has 2 N–H and O–H groups in total. The molecule has 0 unspecified atom stereocenters. The lowest BCUT2D eigenvalue weighted by molar-refractivity contribution is -0.137. The van der Waals surface area contributed by atoms with Crippen LogP contribution in [0.3, 0.4) is 0 Å². The number of carbonyl (C=O) groups is 2. The summed E-state index contributed by atoms with van der Waals surface area (Å²) in [4.78, 5) is 22.8. The van der Waals surface area contributed by atoms with E-state index in [0.717, 1.165) is 5.69 Å². The molecule has 0 atom stereocenters. The molecule has 0 saturated carbocycles. The molecule has 0 bridgehead atoms. The van der Waals surface area contributed by atoms with Crippen LogP contribution < -0.4 is 5.32 Å². The minimum atomic E-state index is -0.863. The molecule has 1 aromatic rings. The number of nitrogens with zero attached hydrogens (tertiary/aromatic N) is 2. The van der Waals surface area contributed by atoms with Gasteiger partial charge in [0.05, 0.1) is 11.3 Å². The molecular formula is C13H21N3O3. The molecule has 1 amide bonds. The Labute approximate surface area is 112 Å². The van der Waals surface area contributed by atoms with Gasteiger partial charge in [0, 0.05) is 25.2 Å². The topological polar surface area (TPSA) is 84.2 Å². The van der Waals surface area contributed by atoms with E-state index in [1.54, 1.807) is 17.9 Å². The molecule has 0 spiro atoms. The molecule has 1 rings (SSSR count). The second-order valence-corrected chi connectivity index (χ2v) is 5.25. The van der Waals surface area contributed by atoms with Crippen LogP contribution in [0.15, 0.2) is 6.20 Å². The molecule has 0 aliphatic heterocycles. The molecule has 0 aliphatic carbocycles. The van der Waals surface area contributed by atoms with E-state index in [1.807, 2.05) is 20.8 Å². The summed E-state index contributed by atoms with van der Waals surface area (Å²) in [5, 5.41) is 15.8. The molecular weight excluding hydrogens is 246 g/mol. The van der Waals surface area contributed by atoms with E-state index in [9.17, 15) is 9.59 Å². The van der Waals surface area contributed by atoms with Crippen molar-refractivity contribution in [2.45, 2.75) is 45.6 Å². The quantitative estimate of drug-likeness (QED) is 0.815. The molecule has 0 radical (unpaired) electrons. The molecule has 0 saturated heterocycles. The third kappa shape index (κ3) is 4.39. The number of amides is 1. The van der Waals surface area contributed by atoms with Crippen LogP contribution in [0.4, 0.5) is 0 Å². The van der Waals surface area contributed by atoms with Crippen LogP contribution in [-0.2, 0) is 18.3 Å². The van der Waals surface area contributed by atoms with Gasteiger partial charge in [0.1, 0.15) is 0 Å². The third-order valence-electron chi connectivity index (χ3n) is 2.90. The Balaban J connectivity index is 2.75. The Kier molecular flexibility index (Phi) is 4.69. The summed E-state index contributed by atoms with van der Waals surface area (Å²) in [6, 6.07) is 0. The number of carbonyl (C=O) groups excluding carboxylic acids is 1. The van der Waals surface area contributed by atoms with Crippen molar-refractivity contribution in [3.05, 3.63) is 17.5 Å². The minimum absolute atomic E-state index is 0.0287. The van der Waals surface area contributed by atoms with E-state index in [4.69, 9.17) is 5.11 Å². The first kappa shape index (κ1) is 15.2. The Hall–Kier alpha value is -1.85. The Bertz CT molecular complexity index is 477. The van der Waals surface area contributed by atoms with Gasteiger partial charge in [-0.05, 0) is 26.7 Å². The SMILES string of the molecule is CCc1nn(C)cc1C(=O)NC(C)(C)CCC(=O)O. The van der Waals surface area contributed by atoms with Crippen LogP contribution in [-0.4, -0.2) is 32.3 Å². The fourth-order valence-electron chi connectivity index (χ4n) is 1.84. The summed E-state index contributed by atoms with van der Waals surface area (Å²) in [7, 11) is 1.77. The van der Waals surface area contributed by atoms with Crippen LogP contribution in [0, 0.1) is 0 Å². The van der Waals surface area contributed by atoms with Crippen molar-refractivity contribution in [3.63, 3.8) is 0 Å². The normalized spacial score (nSPS) is 11.4. The molecule has 1 heterocycles. The predicted octanol–water partition coefficient (Wildman–Crippen LogP) is 1.36. The Morgan fingerprint density at radius 2 is 2.11 bits per heavy atom. The molecule has 0 aromatic carbocycles. The maximum absolute atomic E-state index is 12.2. The lowest BCUT2D eigenvalue weighted by Gasteiger charge is -2.25. The molecule has 19 heavy (non-hydrogen) atoms. The first-order valence-electron chi connectivity index (χ1n) is 6.32. The molecule has 106 valence electrons. The highest BCUT2D eigenvalue weighted by Gasteiger charge is 2.24. The zero-order valence-corrected chi connectivity index (χ0v) is 11.9. The molecule has 6 nitrogen and oxygen atoms in total. The zero-order chi connectivity index (χ0) is 14.6. The van der Waals surface area contributed by atoms with Gasteiger partial charge >= 0.3 is 5.97 Å². The lowest BCUT2D eigenvalue weighted by atomic mass is 9.97. The van der Waals surface area contributed by atoms with E-state index in [2.05, 4.69) is 10.4 Å². The summed E-state index contributed by atoms with van der Waals surface area (Å²) in [6.07, 6.45) is 2.78. The molecule has 6 heteroatoms. The number of carboxylic acids is 1. The van der Waals surface area contributed by atoms with Crippen LogP contribution >= 0.6 is 0 Å². The second kappa shape index (κ2) is 5.86. The van der Waals surface area contributed by atoms with Crippen molar-refractivity contribution in [1.82, 2.24) is 15.1 Å². The van der Waals surface area contributed by atoms with Gasteiger partial charge in [-0.1, -0.05) is 6.92 Å². The molecule has 0 fully saturated rings. The fraction of sp³-hybridized carbons (Fsp3) is 0.615. The lowest BCUT2D eigenvalue weighted by Crippen LogP contribution is -2.43. The van der Waals surface area contributed by atoms with Crippen molar-refractivity contribution >= 4 is 11.9 Å². The van der Waals surface area contributed by atoms with Crippen molar-refractivity contribution in [1.29, 1.82) is 0 Å². The first-order valence-corrected chi connectivity index (χ1v) is 6.32. The summed E-state index contributed by atoms with van der Waals surface area (Å²) in [6.45, 7) is 5.57. The average molecular weight is 267 g/mol. The smallest absolute Gasteiger partial charge is 0.303 e. The fourth-order valence-corrected chi connectivity index (χ4v) is 1.84. The van der Waals surface area contributed by atoms with Gasteiger partial charge in [-0.3, -0.25) is 14.3 Å². The van der Waals surface area contributed by atoms with Gasteiger partial charge in [-0.25, -0.2) is 0 Å². The monoisotopic (exact) mass is 267 g/mol.